The number of nitrogens with zero attached hydrogens (tertiary/aromatic N) is 1. The molecule has 1 atom stereocenters. The van der Waals surface area contributed by atoms with Crippen LogP contribution in [0.1, 0.15) is 12.5 Å². The van der Waals surface area contributed by atoms with Crippen molar-refractivity contribution in [2.75, 3.05) is 33.2 Å². The quantitative estimate of drug-likeness (QED) is 0.780. The van der Waals surface area contributed by atoms with Gasteiger partial charge < -0.3 is 10.2 Å². The summed E-state index contributed by atoms with van der Waals surface area (Å²) < 4.78 is 0. The number of nitrogens with one attached hydrogen (secondary N) is 1. The van der Waals surface area contributed by atoms with Crippen LogP contribution in [0.5, 0.6) is 0 Å². The zero-order chi connectivity index (χ0) is 12.1. The van der Waals surface area contributed by atoms with Gasteiger partial charge in [0.2, 0.25) is 0 Å². The lowest BCUT2D eigenvalue weighted by Gasteiger charge is -2.20. The molecule has 1 N–H and O–H groups in total. The Labute approximate surface area is 109 Å². The first-order chi connectivity index (χ1) is 8.29. The Morgan fingerprint density at radius 2 is 2.24 bits per heavy atom. The zero-order valence-corrected chi connectivity index (χ0v) is 11.6. The highest BCUT2D eigenvalue weighted by Crippen LogP contribution is 2.36. The highest BCUT2D eigenvalue weighted by Gasteiger charge is 2.22. The first-order valence-corrected chi connectivity index (χ1v) is 7.31. The second kappa shape index (κ2) is 6.43. The third-order valence-corrected chi connectivity index (χ3v) is 4.45. The minimum absolute atomic E-state index is 0.735. The Bertz CT molecular complexity index is 329. The number of thioether (sulfide) groups is 1. The molecule has 0 amide bonds. The number of fused-ring (bicyclic) bond motifs is 1. The van der Waals surface area contributed by atoms with Crippen molar-refractivity contribution in [3.05, 3.63) is 29.8 Å². The first kappa shape index (κ1) is 12.9. The lowest BCUT2D eigenvalue weighted by Crippen LogP contribution is -2.33. The van der Waals surface area contributed by atoms with Crippen LogP contribution in [0.15, 0.2) is 29.2 Å². The van der Waals surface area contributed by atoms with E-state index in [2.05, 4.69) is 48.5 Å². The maximum Gasteiger partial charge on any atom is 0.0263 e. The molecule has 0 aromatic heterocycles. The lowest BCUT2D eigenvalue weighted by molar-refractivity contribution is 0.333. The molecule has 0 saturated carbocycles. The van der Waals surface area contributed by atoms with Crippen molar-refractivity contribution in [3.8, 4) is 0 Å². The van der Waals surface area contributed by atoms with Crippen LogP contribution in [0.2, 0.25) is 0 Å². The van der Waals surface area contributed by atoms with Crippen LogP contribution in [0.25, 0.3) is 0 Å². The predicted octanol–water partition coefficient (Wildman–Crippen LogP) is 2.24. The Kier molecular flexibility index (Phi) is 4.89. The molecule has 0 fully saturated rings. The fraction of sp³-hybridized carbons (Fsp3) is 0.571. The average molecular weight is 250 g/mol. The average Bonchev–Trinajstić information content (AvgIpc) is 2.71. The van der Waals surface area contributed by atoms with Gasteiger partial charge in [0, 0.05) is 29.8 Å². The second-order valence-electron chi connectivity index (χ2n) is 4.67. The van der Waals surface area contributed by atoms with E-state index >= 15 is 0 Å². The minimum atomic E-state index is 0.735. The lowest BCUT2D eigenvalue weighted by atomic mass is 10.1. The molecule has 1 aromatic carbocycles. The summed E-state index contributed by atoms with van der Waals surface area (Å²) in [6.07, 6.45) is 1.23. The fourth-order valence-corrected chi connectivity index (χ4v) is 3.65. The molecule has 17 heavy (non-hydrogen) atoms. The largest absolute Gasteiger partial charge is 0.316 e. The number of benzene rings is 1. The molecule has 0 aliphatic carbocycles. The van der Waals surface area contributed by atoms with Gasteiger partial charge in [-0.3, -0.25) is 0 Å². The third kappa shape index (κ3) is 3.73. The number of rotatable bonds is 6. The van der Waals surface area contributed by atoms with E-state index in [-0.39, 0.29) is 0 Å². The molecule has 1 aliphatic heterocycles. The Morgan fingerprint density at radius 1 is 1.41 bits per heavy atom. The Morgan fingerprint density at radius 3 is 3.00 bits per heavy atom. The summed E-state index contributed by atoms with van der Waals surface area (Å²) in [7, 11) is 2.22. The summed E-state index contributed by atoms with van der Waals surface area (Å²) in [5, 5.41) is 4.11. The summed E-state index contributed by atoms with van der Waals surface area (Å²) in [6.45, 7) is 6.64. The van der Waals surface area contributed by atoms with E-state index in [0.717, 1.165) is 24.9 Å². The summed E-state index contributed by atoms with van der Waals surface area (Å²) in [4.78, 5) is 3.92. The van der Waals surface area contributed by atoms with E-state index in [1.54, 1.807) is 0 Å². The monoisotopic (exact) mass is 250 g/mol. The van der Waals surface area contributed by atoms with Crippen molar-refractivity contribution < 1.29 is 0 Å². The van der Waals surface area contributed by atoms with Crippen LogP contribution < -0.4 is 5.32 Å². The van der Waals surface area contributed by atoms with Gasteiger partial charge in [-0.25, -0.2) is 0 Å². The highest BCUT2D eigenvalue weighted by atomic mass is 32.2. The molecule has 0 saturated heterocycles. The zero-order valence-electron chi connectivity index (χ0n) is 10.8. The van der Waals surface area contributed by atoms with E-state index in [1.165, 1.54) is 23.4 Å². The Balaban J connectivity index is 1.75. The fourth-order valence-electron chi connectivity index (χ4n) is 2.24. The van der Waals surface area contributed by atoms with Gasteiger partial charge in [0.25, 0.3) is 0 Å². The van der Waals surface area contributed by atoms with Crippen molar-refractivity contribution in [2.45, 2.75) is 23.5 Å². The maximum absolute atomic E-state index is 3.37. The van der Waals surface area contributed by atoms with Crippen molar-refractivity contribution in [1.82, 2.24) is 10.2 Å². The summed E-state index contributed by atoms with van der Waals surface area (Å²) >= 11 is 2.04. The SMILES string of the molecule is CCNCCN(C)CC1Cc2ccccc2S1. The normalized spacial score (nSPS) is 18.6. The van der Waals surface area contributed by atoms with Gasteiger partial charge in [-0.05, 0) is 31.6 Å². The van der Waals surface area contributed by atoms with Crippen molar-refractivity contribution >= 4 is 11.8 Å². The standard InChI is InChI=1S/C14H22N2S/c1-3-15-8-9-16(2)11-13-10-12-6-4-5-7-14(12)17-13/h4-7,13,15H,3,8-11H2,1-2H3. The molecule has 1 aromatic rings. The van der Waals surface area contributed by atoms with Gasteiger partial charge in [-0.2, -0.15) is 0 Å². The van der Waals surface area contributed by atoms with E-state index < -0.39 is 0 Å². The summed E-state index contributed by atoms with van der Waals surface area (Å²) in [5.41, 5.74) is 1.53. The molecule has 3 heteroatoms. The van der Waals surface area contributed by atoms with Crippen LogP contribution in [-0.4, -0.2) is 43.4 Å². The molecule has 0 radical (unpaired) electrons. The smallest absolute Gasteiger partial charge is 0.0263 e. The van der Waals surface area contributed by atoms with E-state index in [1.807, 2.05) is 11.8 Å². The highest BCUT2D eigenvalue weighted by molar-refractivity contribution is 8.00. The van der Waals surface area contributed by atoms with Crippen molar-refractivity contribution in [2.24, 2.45) is 0 Å². The molecular weight excluding hydrogens is 228 g/mol. The topological polar surface area (TPSA) is 15.3 Å². The number of likely N-dealkylation sites (N-methyl/N-ethyl adjacent to an activating group) is 2. The predicted molar refractivity (Wildman–Crippen MR) is 75.8 cm³/mol. The second-order valence-corrected chi connectivity index (χ2v) is 6.01. The molecule has 2 rings (SSSR count). The number of hydrogen-bond donors (Lipinski definition) is 1. The van der Waals surface area contributed by atoms with Gasteiger partial charge in [0.1, 0.15) is 0 Å². The molecule has 94 valence electrons. The number of hydrogen-bond acceptors (Lipinski definition) is 3. The van der Waals surface area contributed by atoms with Gasteiger partial charge in [-0.1, -0.05) is 25.1 Å². The molecule has 2 nitrogen and oxygen atoms in total. The molecule has 1 aliphatic rings. The van der Waals surface area contributed by atoms with Gasteiger partial charge in [0.05, 0.1) is 0 Å². The molecule has 1 unspecified atom stereocenters. The summed E-state index contributed by atoms with van der Waals surface area (Å²) in [6, 6.07) is 8.80. The van der Waals surface area contributed by atoms with E-state index in [0.29, 0.717) is 0 Å². The molecule has 1 heterocycles. The van der Waals surface area contributed by atoms with Gasteiger partial charge in [0.15, 0.2) is 0 Å². The van der Waals surface area contributed by atoms with E-state index in [4.69, 9.17) is 0 Å². The van der Waals surface area contributed by atoms with Crippen molar-refractivity contribution in [1.29, 1.82) is 0 Å². The minimum Gasteiger partial charge on any atom is -0.316 e. The molecular formula is C14H22N2S. The van der Waals surface area contributed by atoms with E-state index in [9.17, 15) is 0 Å². The van der Waals surface area contributed by atoms with Crippen LogP contribution in [0.3, 0.4) is 0 Å². The van der Waals surface area contributed by atoms with Gasteiger partial charge >= 0.3 is 0 Å². The van der Waals surface area contributed by atoms with Gasteiger partial charge in [-0.15, -0.1) is 11.8 Å². The molecule has 0 spiro atoms. The summed E-state index contributed by atoms with van der Waals surface area (Å²) in [5.74, 6) is 0. The maximum atomic E-state index is 3.37. The van der Waals surface area contributed by atoms with Crippen LogP contribution in [0.4, 0.5) is 0 Å². The Hall–Kier alpha value is -0.510. The van der Waals surface area contributed by atoms with Crippen molar-refractivity contribution in [3.63, 3.8) is 0 Å². The van der Waals surface area contributed by atoms with Crippen LogP contribution in [-0.2, 0) is 6.42 Å². The molecule has 0 bridgehead atoms. The first-order valence-electron chi connectivity index (χ1n) is 6.43. The van der Waals surface area contributed by atoms with Crippen LogP contribution in [0, 0.1) is 0 Å². The third-order valence-electron chi connectivity index (χ3n) is 3.15. The van der Waals surface area contributed by atoms with Crippen LogP contribution >= 0.6 is 11.8 Å².